The van der Waals surface area contributed by atoms with E-state index in [0.717, 1.165) is 32.2 Å². The molecule has 1 aliphatic carbocycles. The quantitative estimate of drug-likeness (QED) is 0.707. The van der Waals surface area contributed by atoms with Gasteiger partial charge in [0.05, 0.1) is 6.10 Å². The summed E-state index contributed by atoms with van der Waals surface area (Å²) in [6.07, 6.45) is 3.45. The summed E-state index contributed by atoms with van der Waals surface area (Å²) < 4.78 is 5.38. The Morgan fingerprint density at radius 1 is 1.41 bits per heavy atom. The molecule has 0 aromatic rings. The van der Waals surface area contributed by atoms with Crippen molar-refractivity contribution in [2.24, 2.45) is 5.41 Å². The lowest BCUT2D eigenvalue weighted by Crippen LogP contribution is -2.57. The second kappa shape index (κ2) is 4.16. The van der Waals surface area contributed by atoms with Crippen LogP contribution in [0.1, 0.15) is 46.5 Å². The number of hydrogen-bond acceptors (Lipinski definition) is 3. The van der Waals surface area contributed by atoms with Gasteiger partial charge in [0.1, 0.15) is 5.60 Å². The minimum atomic E-state index is -0.445. The summed E-state index contributed by atoms with van der Waals surface area (Å²) in [5, 5.41) is 9.88. The third kappa shape index (κ3) is 2.57. The van der Waals surface area contributed by atoms with Gasteiger partial charge in [-0.3, -0.25) is 0 Å². The Hall–Kier alpha value is -0.770. The molecule has 1 aliphatic heterocycles. The zero-order valence-electron chi connectivity index (χ0n) is 11.0. The molecule has 0 radical (unpaired) electrons. The van der Waals surface area contributed by atoms with Crippen molar-refractivity contribution in [1.29, 1.82) is 0 Å². The van der Waals surface area contributed by atoms with Crippen LogP contribution < -0.4 is 0 Å². The largest absolute Gasteiger partial charge is 0.444 e. The third-order valence-corrected chi connectivity index (χ3v) is 3.88. The number of carbonyl (C=O) groups excluding carboxylic acids is 1. The maximum Gasteiger partial charge on any atom is 0.410 e. The van der Waals surface area contributed by atoms with Crippen LogP contribution in [-0.4, -0.2) is 40.9 Å². The molecule has 2 aliphatic rings. The van der Waals surface area contributed by atoms with E-state index in [1.807, 2.05) is 20.8 Å². The highest BCUT2D eigenvalue weighted by Gasteiger charge is 2.49. The van der Waals surface area contributed by atoms with E-state index in [0.29, 0.717) is 6.54 Å². The van der Waals surface area contributed by atoms with Crippen LogP contribution in [0.4, 0.5) is 4.79 Å². The maximum atomic E-state index is 12.0. The monoisotopic (exact) mass is 241 g/mol. The number of aliphatic hydroxyl groups excluding tert-OH is 1. The van der Waals surface area contributed by atoms with Crippen molar-refractivity contribution in [3.8, 4) is 0 Å². The van der Waals surface area contributed by atoms with Gasteiger partial charge >= 0.3 is 6.09 Å². The second-order valence-corrected chi connectivity index (χ2v) is 6.42. The Morgan fingerprint density at radius 3 is 2.59 bits per heavy atom. The highest BCUT2D eigenvalue weighted by molar-refractivity contribution is 5.68. The standard InChI is InChI=1S/C13H23NO3/c1-12(2,3)17-11(16)14-8-4-6-13(9-14)7-5-10(13)15/h10,15H,4-9H2,1-3H3/t10-,13+/m0/s1. The fourth-order valence-corrected chi connectivity index (χ4v) is 2.80. The topological polar surface area (TPSA) is 49.8 Å². The van der Waals surface area contributed by atoms with E-state index in [-0.39, 0.29) is 17.6 Å². The van der Waals surface area contributed by atoms with E-state index in [4.69, 9.17) is 4.74 Å². The first-order chi connectivity index (χ1) is 7.82. The number of aliphatic hydroxyl groups is 1. The third-order valence-electron chi connectivity index (χ3n) is 3.88. The summed E-state index contributed by atoms with van der Waals surface area (Å²) in [6.45, 7) is 7.04. The number of carbonyl (C=O) groups is 1. The molecule has 2 atom stereocenters. The minimum absolute atomic E-state index is 0.0326. The van der Waals surface area contributed by atoms with Gasteiger partial charge in [-0.05, 0) is 46.5 Å². The number of hydrogen-bond donors (Lipinski definition) is 1. The Bertz CT molecular complexity index is 310. The summed E-state index contributed by atoms with van der Waals surface area (Å²) in [4.78, 5) is 13.7. The molecule has 0 bridgehead atoms. The number of likely N-dealkylation sites (tertiary alicyclic amines) is 1. The van der Waals surface area contributed by atoms with E-state index in [9.17, 15) is 9.90 Å². The van der Waals surface area contributed by atoms with Crippen molar-refractivity contribution >= 4 is 6.09 Å². The summed E-state index contributed by atoms with van der Waals surface area (Å²) in [7, 11) is 0. The predicted molar refractivity (Wildman–Crippen MR) is 64.7 cm³/mol. The number of nitrogens with zero attached hydrogens (tertiary/aromatic N) is 1. The molecular weight excluding hydrogens is 218 g/mol. The number of amides is 1. The van der Waals surface area contributed by atoms with Gasteiger partial charge in [0.25, 0.3) is 0 Å². The first-order valence-electron chi connectivity index (χ1n) is 6.48. The minimum Gasteiger partial charge on any atom is -0.444 e. The van der Waals surface area contributed by atoms with E-state index in [1.54, 1.807) is 4.90 Å². The summed E-state index contributed by atoms with van der Waals surface area (Å²) >= 11 is 0. The molecule has 1 saturated carbocycles. The average Bonchev–Trinajstić information content (AvgIpc) is 2.25. The van der Waals surface area contributed by atoms with Crippen LogP contribution in [0.25, 0.3) is 0 Å². The molecule has 0 unspecified atom stereocenters. The molecule has 17 heavy (non-hydrogen) atoms. The molecule has 1 saturated heterocycles. The van der Waals surface area contributed by atoms with Crippen molar-refractivity contribution in [3.05, 3.63) is 0 Å². The molecule has 4 heteroatoms. The second-order valence-electron chi connectivity index (χ2n) is 6.42. The van der Waals surface area contributed by atoms with Gasteiger partial charge in [-0.1, -0.05) is 0 Å². The Labute approximate surface area is 103 Å². The highest BCUT2D eigenvalue weighted by atomic mass is 16.6. The molecule has 1 spiro atoms. The SMILES string of the molecule is CC(C)(C)OC(=O)N1CCC[C@@]2(CC[C@@H]2O)C1. The van der Waals surface area contributed by atoms with Crippen molar-refractivity contribution in [1.82, 2.24) is 4.90 Å². The van der Waals surface area contributed by atoms with Crippen LogP contribution in [0.15, 0.2) is 0 Å². The first-order valence-corrected chi connectivity index (χ1v) is 6.48. The maximum absolute atomic E-state index is 12.0. The normalized spacial score (nSPS) is 33.4. The molecule has 2 rings (SSSR count). The molecule has 4 nitrogen and oxygen atoms in total. The summed E-state index contributed by atoms with van der Waals surface area (Å²) in [6, 6.07) is 0. The zero-order chi connectivity index (χ0) is 12.7. The van der Waals surface area contributed by atoms with Gasteiger partial charge in [-0.15, -0.1) is 0 Å². The van der Waals surface area contributed by atoms with Gasteiger partial charge in [0.15, 0.2) is 0 Å². The lowest BCUT2D eigenvalue weighted by atomic mass is 9.62. The van der Waals surface area contributed by atoms with E-state index in [1.165, 1.54) is 0 Å². The first kappa shape index (κ1) is 12.7. The molecule has 1 heterocycles. The molecule has 1 amide bonds. The van der Waals surface area contributed by atoms with E-state index < -0.39 is 5.60 Å². The fraction of sp³-hybridized carbons (Fsp3) is 0.923. The van der Waals surface area contributed by atoms with Gasteiger partial charge in [-0.25, -0.2) is 4.79 Å². The average molecular weight is 241 g/mol. The van der Waals surface area contributed by atoms with Crippen molar-refractivity contribution in [2.45, 2.75) is 58.2 Å². The van der Waals surface area contributed by atoms with Gasteiger partial charge in [0, 0.05) is 18.5 Å². The smallest absolute Gasteiger partial charge is 0.410 e. The highest BCUT2D eigenvalue weighted by Crippen LogP contribution is 2.47. The van der Waals surface area contributed by atoms with Crippen LogP contribution >= 0.6 is 0 Å². The van der Waals surface area contributed by atoms with Gasteiger partial charge in [-0.2, -0.15) is 0 Å². The van der Waals surface area contributed by atoms with Crippen LogP contribution in [0.5, 0.6) is 0 Å². The fourth-order valence-electron chi connectivity index (χ4n) is 2.80. The number of ether oxygens (including phenoxy) is 1. The summed E-state index contributed by atoms with van der Waals surface area (Å²) in [5.41, 5.74) is -0.477. The van der Waals surface area contributed by atoms with Crippen LogP contribution in [0.3, 0.4) is 0 Å². The van der Waals surface area contributed by atoms with Crippen molar-refractivity contribution in [2.75, 3.05) is 13.1 Å². The molecule has 2 fully saturated rings. The van der Waals surface area contributed by atoms with Gasteiger partial charge < -0.3 is 14.7 Å². The Morgan fingerprint density at radius 2 is 2.12 bits per heavy atom. The molecule has 0 aromatic heterocycles. The summed E-state index contributed by atoms with van der Waals surface area (Å²) in [5.74, 6) is 0. The zero-order valence-corrected chi connectivity index (χ0v) is 11.0. The van der Waals surface area contributed by atoms with Crippen LogP contribution in [0.2, 0.25) is 0 Å². The molecule has 98 valence electrons. The molecule has 0 aromatic carbocycles. The van der Waals surface area contributed by atoms with E-state index in [2.05, 4.69) is 0 Å². The lowest BCUT2D eigenvalue weighted by molar-refractivity contribution is -0.104. The predicted octanol–water partition coefficient (Wildman–Crippen LogP) is 2.16. The van der Waals surface area contributed by atoms with E-state index >= 15 is 0 Å². The van der Waals surface area contributed by atoms with Crippen molar-refractivity contribution in [3.63, 3.8) is 0 Å². The lowest BCUT2D eigenvalue weighted by Gasteiger charge is -2.52. The van der Waals surface area contributed by atoms with Crippen LogP contribution in [0, 0.1) is 5.41 Å². The molecule has 1 N–H and O–H groups in total. The molecular formula is C13H23NO3. The van der Waals surface area contributed by atoms with Crippen LogP contribution in [-0.2, 0) is 4.74 Å². The Kier molecular flexibility index (Phi) is 3.10. The number of piperidine rings is 1. The number of rotatable bonds is 0. The van der Waals surface area contributed by atoms with Gasteiger partial charge in [0.2, 0.25) is 0 Å². The Balaban J connectivity index is 1.96. The van der Waals surface area contributed by atoms with Crippen molar-refractivity contribution < 1.29 is 14.6 Å².